The van der Waals surface area contributed by atoms with Crippen LogP contribution in [0, 0.1) is 0 Å². The zero-order chi connectivity index (χ0) is 16.8. The van der Waals surface area contributed by atoms with Gasteiger partial charge in [0.1, 0.15) is 18.3 Å². The first-order valence-corrected chi connectivity index (χ1v) is 8.15. The van der Waals surface area contributed by atoms with Crippen LogP contribution in [0.2, 0.25) is 0 Å². The van der Waals surface area contributed by atoms with Crippen LogP contribution in [0.5, 0.6) is 0 Å². The Balaban J connectivity index is 1.70. The second kappa shape index (κ2) is 5.91. The summed E-state index contributed by atoms with van der Waals surface area (Å²) < 4.78 is 20.4. The van der Waals surface area contributed by atoms with E-state index in [0.717, 1.165) is 0 Å². The van der Waals surface area contributed by atoms with Crippen molar-refractivity contribution in [1.82, 2.24) is 10.2 Å². The average molecular weight is 350 g/mol. The molecule has 5 N–H and O–H groups in total. The van der Waals surface area contributed by atoms with Gasteiger partial charge in [0, 0.05) is 0 Å². The number of aliphatic hydroxyl groups excluding tert-OH is 2. The smallest absolute Gasteiger partial charge is 0.387 e. The summed E-state index contributed by atoms with van der Waals surface area (Å²) in [6.07, 6.45) is -3.31. The molecule has 3 rings (SSSR count). The summed E-state index contributed by atoms with van der Waals surface area (Å²) in [7, 11) is -4.73. The van der Waals surface area contributed by atoms with E-state index in [2.05, 4.69) is 19.8 Å². The maximum atomic E-state index is 11.7. The van der Waals surface area contributed by atoms with E-state index in [0.29, 0.717) is 0 Å². The normalized spacial score (nSPS) is 39.7. The van der Waals surface area contributed by atoms with Gasteiger partial charge in [-0.05, 0) is 0 Å². The Bertz CT molecular complexity index is 593. The lowest BCUT2D eigenvalue weighted by molar-refractivity contribution is -0.124. The molecule has 13 heteroatoms. The summed E-state index contributed by atoms with van der Waals surface area (Å²) in [5.41, 5.74) is 0. The lowest BCUT2D eigenvalue weighted by atomic mass is 10.1. The molecule has 3 aliphatic rings. The Hall–Kier alpha value is -1.40. The van der Waals surface area contributed by atoms with E-state index in [-0.39, 0.29) is 5.91 Å². The molecule has 23 heavy (non-hydrogen) atoms. The molecule has 0 aliphatic carbocycles. The van der Waals surface area contributed by atoms with Crippen LogP contribution < -0.4 is 5.32 Å². The molecular weight excluding hydrogens is 335 g/mol. The van der Waals surface area contributed by atoms with Gasteiger partial charge in [-0.2, -0.15) is 0 Å². The zero-order valence-corrected chi connectivity index (χ0v) is 12.4. The van der Waals surface area contributed by atoms with Crippen molar-refractivity contribution < 1.29 is 38.6 Å². The monoisotopic (exact) mass is 350 g/mol. The van der Waals surface area contributed by atoms with E-state index < -0.39 is 51.2 Å². The van der Waals surface area contributed by atoms with E-state index in [4.69, 9.17) is 14.5 Å². The quantitative estimate of drug-likeness (QED) is 0.326. The fraction of sp³-hybridized carbons (Fsp3) is 0.700. The van der Waals surface area contributed by atoms with Gasteiger partial charge in [-0.25, -0.2) is 9.56 Å². The van der Waals surface area contributed by atoms with Gasteiger partial charge in [0.15, 0.2) is 18.4 Å². The summed E-state index contributed by atoms with van der Waals surface area (Å²) in [6.45, 7) is -0.609. The van der Waals surface area contributed by atoms with Crippen LogP contribution in [0.15, 0.2) is 9.98 Å². The van der Waals surface area contributed by atoms with E-state index in [9.17, 15) is 19.6 Å². The number of hydrogen-bond donors (Lipinski definition) is 5. The summed E-state index contributed by atoms with van der Waals surface area (Å²) in [4.78, 5) is 38.4. The maximum Gasteiger partial charge on any atom is 0.469 e. The van der Waals surface area contributed by atoms with Gasteiger partial charge in [0.25, 0.3) is 5.91 Å². The summed E-state index contributed by atoms with van der Waals surface area (Å²) in [5, 5.41) is 22.4. The van der Waals surface area contributed by atoms with E-state index in [1.165, 1.54) is 17.6 Å². The van der Waals surface area contributed by atoms with Crippen molar-refractivity contribution >= 4 is 26.4 Å². The van der Waals surface area contributed by atoms with Crippen molar-refractivity contribution in [3.63, 3.8) is 0 Å². The van der Waals surface area contributed by atoms with Crippen molar-refractivity contribution in [1.29, 1.82) is 0 Å². The highest BCUT2D eigenvalue weighted by Gasteiger charge is 2.50. The largest absolute Gasteiger partial charge is 0.469 e. The number of nitrogens with one attached hydrogen (secondary N) is 1. The number of carbonyl (C=O) groups excluding carboxylic acids is 1. The van der Waals surface area contributed by atoms with Crippen LogP contribution in [0.4, 0.5) is 0 Å². The highest BCUT2D eigenvalue weighted by Crippen LogP contribution is 2.37. The van der Waals surface area contributed by atoms with Crippen LogP contribution in [0.3, 0.4) is 0 Å². The minimum absolute atomic E-state index is 0.363. The molecule has 6 unspecified atom stereocenters. The molecule has 0 spiro atoms. The van der Waals surface area contributed by atoms with Crippen molar-refractivity contribution in [2.75, 3.05) is 6.61 Å². The predicted octanol–water partition coefficient (Wildman–Crippen LogP) is -3.26. The number of phosphoric ester groups is 1. The van der Waals surface area contributed by atoms with Crippen LogP contribution >= 0.6 is 7.82 Å². The molecule has 3 heterocycles. The van der Waals surface area contributed by atoms with E-state index >= 15 is 0 Å². The topological polar surface area (TPSA) is 174 Å². The van der Waals surface area contributed by atoms with Crippen molar-refractivity contribution in [2.24, 2.45) is 9.98 Å². The van der Waals surface area contributed by atoms with Gasteiger partial charge in [-0.3, -0.25) is 14.3 Å². The number of aliphatic imine (C=N–C) groups is 2. The lowest BCUT2D eigenvalue weighted by Crippen LogP contribution is -2.53. The third kappa shape index (κ3) is 3.15. The second-order valence-corrected chi connectivity index (χ2v) is 6.43. The number of rotatable bonds is 4. The fourth-order valence-electron chi connectivity index (χ4n) is 2.58. The molecule has 0 aromatic rings. The number of carbonyl (C=O) groups is 1. The third-order valence-corrected chi connectivity index (χ3v) is 4.17. The molecule has 3 aliphatic heterocycles. The van der Waals surface area contributed by atoms with Crippen LogP contribution in [0.25, 0.3) is 0 Å². The molecular formula is C10H15N4O8P. The standard InChI is InChI=1S/C10H15N4O8P/c15-6-4(1-21-23(18,19)20)22-10(7(6)16)14-3-13-5-8(14)11-2-12-9(5)17/h2-8,10,15-16H,1H2,(H,11,12,17)(H2,18,19,20). The van der Waals surface area contributed by atoms with Crippen LogP contribution in [-0.4, -0.2) is 86.8 Å². The lowest BCUT2D eigenvalue weighted by Gasteiger charge is -2.31. The molecule has 0 aromatic heterocycles. The Kier molecular flexibility index (Phi) is 4.23. The Morgan fingerprint density at radius 2 is 2.09 bits per heavy atom. The number of hydrogen-bond acceptors (Lipinski definition) is 9. The number of amides is 1. The van der Waals surface area contributed by atoms with Crippen molar-refractivity contribution in [2.45, 2.75) is 36.7 Å². The Morgan fingerprint density at radius 1 is 1.35 bits per heavy atom. The van der Waals surface area contributed by atoms with Crippen molar-refractivity contribution in [3.05, 3.63) is 0 Å². The SMILES string of the molecule is O=C1NC=NC2C1N=CN2C1OC(COP(=O)(O)O)C(O)C1O. The molecule has 1 saturated heterocycles. The van der Waals surface area contributed by atoms with Gasteiger partial charge in [0.2, 0.25) is 0 Å². The summed E-state index contributed by atoms with van der Waals surface area (Å²) in [5.74, 6) is -0.363. The Labute approximate surface area is 129 Å². The maximum absolute atomic E-state index is 11.7. The highest BCUT2D eigenvalue weighted by molar-refractivity contribution is 7.46. The molecule has 1 fully saturated rings. The number of aliphatic hydroxyl groups is 2. The van der Waals surface area contributed by atoms with Gasteiger partial charge in [0.05, 0.1) is 19.3 Å². The fourth-order valence-corrected chi connectivity index (χ4v) is 2.92. The molecule has 0 saturated carbocycles. The first-order chi connectivity index (χ1) is 10.8. The zero-order valence-electron chi connectivity index (χ0n) is 11.5. The first-order valence-electron chi connectivity index (χ1n) is 6.62. The summed E-state index contributed by atoms with van der Waals surface area (Å²) in [6, 6.07) is -0.793. The van der Waals surface area contributed by atoms with E-state index in [1.54, 1.807) is 0 Å². The van der Waals surface area contributed by atoms with Gasteiger partial charge in [-0.15, -0.1) is 0 Å². The van der Waals surface area contributed by atoms with Crippen molar-refractivity contribution in [3.8, 4) is 0 Å². The first kappa shape index (κ1) is 16.5. The number of fused-ring (bicyclic) bond motifs is 1. The molecule has 0 aromatic carbocycles. The van der Waals surface area contributed by atoms with E-state index in [1.807, 2.05) is 0 Å². The second-order valence-electron chi connectivity index (χ2n) is 5.19. The molecule has 0 bridgehead atoms. The molecule has 6 atom stereocenters. The van der Waals surface area contributed by atoms with Gasteiger partial charge < -0.3 is 35.0 Å². The molecule has 1 amide bonds. The molecule has 12 nitrogen and oxygen atoms in total. The van der Waals surface area contributed by atoms with Gasteiger partial charge in [-0.1, -0.05) is 0 Å². The molecule has 128 valence electrons. The average Bonchev–Trinajstić information content (AvgIpc) is 3.01. The van der Waals surface area contributed by atoms with Crippen LogP contribution in [-0.2, 0) is 18.6 Å². The number of phosphoric acid groups is 1. The highest BCUT2D eigenvalue weighted by atomic mass is 31.2. The minimum atomic E-state index is -4.73. The summed E-state index contributed by atoms with van der Waals surface area (Å²) >= 11 is 0. The van der Waals surface area contributed by atoms with Crippen LogP contribution in [0.1, 0.15) is 0 Å². The molecule has 0 radical (unpaired) electrons. The third-order valence-electron chi connectivity index (χ3n) is 3.69. The number of ether oxygens (including phenoxy) is 1. The van der Waals surface area contributed by atoms with Gasteiger partial charge >= 0.3 is 7.82 Å². The Morgan fingerprint density at radius 3 is 2.78 bits per heavy atom. The predicted molar refractivity (Wildman–Crippen MR) is 73.2 cm³/mol. The number of nitrogens with zero attached hydrogens (tertiary/aromatic N) is 3. The minimum Gasteiger partial charge on any atom is -0.387 e.